The molecular formula is C29H21N3O3. The molecule has 0 bridgehead atoms. The second-order valence-electron chi connectivity index (χ2n) is 9.02. The fourth-order valence-electron chi connectivity index (χ4n) is 5.69. The Labute approximate surface area is 200 Å². The highest BCUT2D eigenvalue weighted by molar-refractivity contribution is 6.39. The number of hydrogen-bond donors (Lipinski definition) is 2. The van der Waals surface area contributed by atoms with Gasteiger partial charge in [-0.2, -0.15) is 0 Å². The lowest BCUT2D eigenvalue weighted by atomic mass is 9.97. The highest BCUT2D eigenvalue weighted by Gasteiger charge is 2.41. The first-order valence-electron chi connectivity index (χ1n) is 11.7. The zero-order chi connectivity index (χ0) is 23.8. The molecule has 0 fully saturated rings. The van der Waals surface area contributed by atoms with Gasteiger partial charge < -0.3 is 14.7 Å². The molecule has 0 spiro atoms. The summed E-state index contributed by atoms with van der Waals surface area (Å²) in [5.74, 6) is -0.428. The number of para-hydroxylation sites is 2. The minimum absolute atomic E-state index is 0.143. The molecule has 0 unspecified atom stereocenters. The Kier molecular flexibility index (Phi) is 3.95. The number of aromatic nitrogens is 2. The number of aromatic amines is 1. The highest BCUT2D eigenvalue weighted by Crippen LogP contribution is 2.45. The third kappa shape index (κ3) is 2.53. The van der Waals surface area contributed by atoms with E-state index in [0.29, 0.717) is 11.1 Å². The number of aromatic hydroxyl groups is 1. The Morgan fingerprint density at radius 2 is 1.46 bits per heavy atom. The van der Waals surface area contributed by atoms with E-state index in [1.807, 2.05) is 42.5 Å². The second-order valence-corrected chi connectivity index (χ2v) is 9.02. The monoisotopic (exact) mass is 459 g/mol. The van der Waals surface area contributed by atoms with Crippen LogP contribution in [0.2, 0.25) is 0 Å². The van der Waals surface area contributed by atoms with Gasteiger partial charge in [-0.3, -0.25) is 14.5 Å². The van der Waals surface area contributed by atoms with E-state index in [4.69, 9.17) is 0 Å². The lowest BCUT2D eigenvalue weighted by molar-refractivity contribution is 0.0643. The number of nitrogens with zero attached hydrogens (tertiary/aromatic N) is 2. The maximum atomic E-state index is 14.0. The first-order chi connectivity index (χ1) is 17.1. The summed E-state index contributed by atoms with van der Waals surface area (Å²) in [5, 5.41) is 13.2. The number of H-pyrrole nitrogens is 1. The number of phenolic OH excluding ortho intramolecular Hbond substituents is 1. The quantitative estimate of drug-likeness (QED) is 0.321. The zero-order valence-electron chi connectivity index (χ0n) is 19.0. The Balaban J connectivity index is 1.62. The van der Waals surface area contributed by atoms with Crippen molar-refractivity contribution in [3.05, 3.63) is 89.5 Å². The maximum absolute atomic E-state index is 14.0. The average Bonchev–Trinajstić information content (AvgIpc) is 3.49. The summed E-state index contributed by atoms with van der Waals surface area (Å²) >= 11 is 0. The van der Waals surface area contributed by atoms with Gasteiger partial charge in [0, 0.05) is 39.1 Å². The molecule has 3 heterocycles. The van der Waals surface area contributed by atoms with Crippen molar-refractivity contribution in [1.29, 1.82) is 0 Å². The van der Waals surface area contributed by atoms with Crippen LogP contribution in [0.25, 0.3) is 43.6 Å². The van der Waals surface area contributed by atoms with E-state index in [-0.39, 0.29) is 24.1 Å². The lowest BCUT2D eigenvalue weighted by Gasteiger charge is -2.13. The number of carbonyl (C=O) groups excluding carboxylic acids is 2. The molecule has 4 aromatic carbocycles. The van der Waals surface area contributed by atoms with Crippen molar-refractivity contribution in [1.82, 2.24) is 14.5 Å². The standard InChI is InChI=1S/C29H21N3O3/c1-2-31-21-10-6-4-8-19(21)23-25-24(22-18-7-3-5-9-20(18)30-26(22)27(23)31)28(34)32(29(25)35)15-16-11-13-17(33)14-12-16/h3-14,30,33H,2,15H2,1H3. The van der Waals surface area contributed by atoms with Crippen molar-refractivity contribution in [2.75, 3.05) is 0 Å². The van der Waals surface area contributed by atoms with Gasteiger partial charge in [-0.1, -0.05) is 48.5 Å². The van der Waals surface area contributed by atoms with E-state index in [1.165, 1.54) is 4.90 Å². The van der Waals surface area contributed by atoms with Crippen molar-refractivity contribution in [3.63, 3.8) is 0 Å². The van der Waals surface area contributed by atoms with Crippen LogP contribution in [0.3, 0.4) is 0 Å². The number of imide groups is 1. The zero-order valence-corrected chi connectivity index (χ0v) is 19.0. The van der Waals surface area contributed by atoms with Crippen LogP contribution in [0.4, 0.5) is 0 Å². The SMILES string of the molecule is CCn1c2ccccc2c2c3c(c4c5ccccc5[nH]c4c21)C(=O)N(Cc1ccc(O)cc1)C3=O. The molecule has 0 aliphatic carbocycles. The van der Waals surface area contributed by atoms with Crippen molar-refractivity contribution < 1.29 is 14.7 Å². The molecule has 0 radical (unpaired) electrons. The van der Waals surface area contributed by atoms with Crippen LogP contribution in [0, 0.1) is 0 Å². The maximum Gasteiger partial charge on any atom is 0.262 e. The van der Waals surface area contributed by atoms with Crippen molar-refractivity contribution in [2.45, 2.75) is 20.0 Å². The highest BCUT2D eigenvalue weighted by atomic mass is 16.3. The topological polar surface area (TPSA) is 78.3 Å². The van der Waals surface area contributed by atoms with Gasteiger partial charge >= 0.3 is 0 Å². The fraction of sp³-hybridized carbons (Fsp3) is 0.103. The van der Waals surface area contributed by atoms with Crippen LogP contribution in [-0.2, 0) is 13.1 Å². The minimum Gasteiger partial charge on any atom is -0.508 e. The molecule has 1 aliphatic heterocycles. The summed E-state index contributed by atoms with van der Waals surface area (Å²) in [7, 11) is 0. The number of aryl methyl sites for hydroxylation is 1. The Hall–Kier alpha value is -4.58. The van der Waals surface area contributed by atoms with E-state index < -0.39 is 0 Å². The van der Waals surface area contributed by atoms with Gasteiger partial charge in [0.05, 0.1) is 28.7 Å². The normalized spacial score (nSPS) is 13.7. The smallest absolute Gasteiger partial charge is 0.262 e. The molecule has 1 aliphatic rings. The van der Waals surface area contributed by atoms with E-state index in [9.17, 15) is 14.7 Å². The van der Waals surface area contributed by atoms with Crippen molar-refractivity contribution in [2.24, 2.45) is 0 Å². The van der Waals surface area contributed by atoms with Gasteiger partial charge in [0.15, 0.2) is 0 Å². The average molecular weight is 460 g/mol. The van der Waals surface area contributed by atoms with Gasteiger partial charge in [0.1, 0.15) is 5.75 Å². The van der Waals surface area contributed by atoms with Crippen molar-refractivity contribution in [3.8, 4) is 5.75 Å². The molecule has 2 N–H and O–H groups in total. The first kappa shape index (κ1) is 19.9. The largest absolute Gasteiger partial charge is 0.508 e. The minimum atomic E-state index is -0.289. The molecule has 35 heavy (non-hydrogen) atoms. The molecule has 2 amide bonds. The van der Waals surface area contributed by atoms with Crippen LogP contribution in [0.1, 0.15) is 33.2 Å². The number of nitrogens with one attached hydrogen (secondary N) is 1. The van der Waals surface area contributed by atoms with Crippen molar-refractivity contribution >= 4 is 55.4 Å². The van der Waals surface area contributed by atoms with E-state index in [2.05, 4.69) is 22.5 Å². The summed E-state index contributed by atoms with van der Waals surface area (Å²) < 4.78 is 2.23. The van der Waals surface area contributed by atoms with Gasteiger partial charge in [-0.05, 0) is 36.8 Å². The van der Waals surface area contributed by atoms with Crippen LogP contribution in [0.5, 0.6) is 5.75 Å². The summed E-state index contributed by atoms with van der Waals surface area (Å²) in [6.45, 7) is 2.97. The third-order valence-electron chi connectivity index (χ3n) is 7.18. The Morgan fingerprint density at radius 1 is 0.800 bits per heavy atom. The molecular weight excluding hydrogens is 438 g/mol. The number of amides is 2. The van der Waals surface area contributed by atoms with Gasteiger partial charge in [-0.15, -0.1) is 0 Å². The first-order valence-corrected chi connectivity index (χ1v) is 11.7. The number of phenols is 1. The fourth-order valence-corrected chi connectivity index (χ4v) is 5.69. The van der Waals surface area contributed by atoms with E-state index >= 15 is 0 Å². The summed E-state index contributed by atoms with van der Waals surface area (Å²) in [6.07, 6.45) is 0. The predicted octanol–water partition coefficient (Wildman–Crippen LogP) is 5.95. The molecule has 6 nitrogen and oxygen atoms in total. The van der Waals surface area contributed by atoms with Gasteiger partial charge in [0.2, 0.25) is 0 Å². The molecule has 6 heteroatoms. The van der Waals surface area contributed by atoms with Crippen LogP contribution in [-0.4, -0.2) is 31.4 Å². The van der Waals surface area contributed by atoms with Crippen LogP contribution < -0.4 is 0 Å². The molecule has 170 valence electrons. The molecule has 0 atom stereocenters. The molecule has 0 saturated heterocycles. The van der Waals surface area contributed by atoms with Crippen LogP contribution in [0.15, 0.2) is 72.8 Å². The number of carbonyl (C=O) groups is 2. The number of fused-ring (bicyclic) bond motifs is 10. The van der Waals surface area contributed by atoms with Gasteiger partial charge in [0.25, 0.3) is 11.8 Å². The summed E-state index contributed by atoms with van der Waals surface area (Å²) in [5.41, 5.74) is 5.52. The van der Waals surface area contributed by atoms with E-state index in [1.54, 1.807) is 24.3 Å². The van der Waals surface area contributed by atoms with Crippen LogP contribution >= 0.6 is 0 Å². The number of rotatable bonds is 3. The molecule has 2 aromatic heterocycles. The van der Waals surface area contributed by atoms with E-state index in [0.717, 1.165) is 55.7 Å². The Bertz CT molecular complexity index is 1860. The molecule has 7 rings (SSSR count). The Morgan fingerprint density at radius 3 is 2.20 bits per heavy atom. The molecule has 6 aromatic rings. The second kappa shape index (κ2) is 6.96. The van der Waals surface area contributed by atoms with Gasteiger partial charge in [-0.25, -0.2) is 0 Å². The lowest BCUT2D eigenvalue weighted by Crippen LogP contribution is -2.29. The number of benzene rings is 4. The third-order valence-corrected chi connectivity index (χ3v) is 7.18. The molecule has 0 saturated carbocycles. The summed E-state index contributed by atoms with van der Waals surface area (Å²) in [6, 6.07) is 22.6. The summed E-state index contributed by atoms with van der Waals surface area (Å²) in [4.78, 5) is 32.8. The predicted molar refractivity (Wildman–Crippen MR) is 137 cm³/mol. The number of hydrogen-bond acceptors (Lipinski definition) is 3.